The molecule has 0 bridgehead atoms. The highest BCUT2D eigenvalue weighted by molar-refractivity contribution is 5.94. The van der Waals surface area contributed by atoms with Gasteiger partial charge >= 0.3 is 0 Å². The molecule has 3 heterocycles. The van der Waals surface area contributed by atoms with Crippen molar-refractivity contribution >= 4 is 5.91 Å². The Morgan fingerprint density at radius 3 is 2.50 bits per heavy atom. The zero-order valence-electron chi connectivity index (χ0n) is 18.2. The molecule has 2 saturated heterocycles. The van der Waals surface area contributed by atoms with Crippen LogP contribution in [0.3, 0.4) is 0 Å². The number of carbonyl (C=O) groups excluding carboxylic acids is 1. The number of benzene rings is 1. The predicted octanol–water partition coefficient (Wildman–Crippen LogP) is 3.47. The minimum absolute atomic E-state index is 0.159. The van der Waals surface area contributed by atoms with Crippen LogP contribution in [0.4, 0.5) is 0 Å². The summed E-state index contributed by atoms with van der Waals surface area (Å²) >= 11 is 0. The van der Waals surface area contributed by atoms with Gasteiger partial charge in [-0.2, -0.15) is 5.10 Å². The van der Waals surface area contributed by atoms with Crippen LogP contribution in [-0.4, -0.2) is 57.7 Å². The monoisotopic (exact) mass is 406 g/mol. The molecular weight excluding hydrogens is 372 g/mol. The van der Waals surface area contributed by atoms with E-state index in [1.165, 1.54) is 55.6 Å². The standard InChI is InChI=1S/C25H34N4O/c1-27-23-10-9-21(18-22(23)24(26-27)25(30)29-13-5-6-14-29)28-15-11-20(12-16-28)17-19-7-3-2-4-8-19/h2-4,7-8,20-21H,5-6,9-18H2,1H3. The van der Waals surface area contributed by atoms with Gasteiger partial charge in [0.15, 0.2) is 5.69 Å². The minimum Gasteiger partial charge on any atom is -0.337 e. The van der Waals surface area contributed by atoms with E-state index < -0.39 is 0 Å². The van der Waals surface area contributed by atoms with Crippen LogP contribution in [0.2, 0.25) is 0 Å². The van der Waals surface area contributed by atoms with Gasteiger partial charge in [-0.15, -0.1) is 0 Å². The van der Waals surface area contributed by atoms with E-state index in [1.54, 1.807) is 0 Å². The maximum Gasteiger partial charge on any atom is 0.274 e. The highest BCUT2D eigenvalue weighted by Crippen LogP contribution is 2.31. The van der Waals surface area contributed by atoms with Crippen LogP contribution in [0.1, 0.15) is 59.4 Å². The van der Waals surface area contributed by atoms with Gasteiger partial charge in [0.25, 0.3) is 5.91 Å². The Hall–Kier alpha value is -2.14. The molecule has 1 unspecified atom stereocenters. The molecule has 2 fully saturated rings. The second kappa shape index (κ2) is 8.54. The first kappa shape index (κ1) is 19.8. The normalized spacial score (nSPS) is 23.0. The van der Waals surface area contributed by atoms with Gasteiger partial charge in [-0.1, -0.05) is 30.3 Å². The third-order valence-corrected chi connectivity index (χ3v) is 7.56. The first-order valence-corrected chi connectivity index (χ1v) is 11.8. The zero-order chi connectivity index (χ0) is 20.5. The first-order valence-electron chi connectivity index (χ1n) is 11.8. The molecule has 160 valence electrons. The third kappa shape index (κ3) is 3.92. The van der Waals surface area contributed by atoms with Crippen molar-refractivity contribution < 1.29 is 4.79 Å². The number of amides is 1. The lowest BCUT2D eigenvalue weighted by Gasteiger charge is -2.39. The van der Waals surface area contributed by atoms with E-state index >= 15 is 0 Å². The molecule has 0 spiro atoms. The van der Waals surface area contributed by atoms with Crippen molar-refractivity contribution in [2.45, 2.75) is 57.4 Å². The molecular formula is C25H34N4O. The molecule has 5 heteroatoms. The average Bonchev–Trinajstić information content (AvgIpc) is 3.43. The van der Waals surface area contributed by atoms with Crippen molar-refractivity contribution in [2.75, 3.05) is 26.2 Å². The molecule has 2 aromatic rings. The Morgan fingerprint density at radius 1 is 1.03 bits per heavy atom. The first-order chi connectivity index (χ1) is 14.7. The number of likely N-dealkylation sites (tertiary alicyclic amines) is 2. The molecule has 0 N–H and O–H groups in total. The number of carbonyl (C=O) groups is 1. The molecule has 1 atom stereocenters. The molecule has 1 aromatic carbocycles. The van der Waals surface area contributed by atoms with E-state index in [9.17, 15) is 4.79 Å². The molecule has 0 radical (unpaired) electrons. The molecule has 5 rings (SSSR count). The van der Waals surface area contributed by atoms with Crippen LogP contribution in [0.15, 0.2) is 30.3 Å². The summed E-state index contributed by atoms with van der Waals surface area (Å²) in [7, 11) is 2.01. The Bertz CT molecular complexity index is 876. The number of rotatable bonds is 4. The Balaban J connectivity index is 1.23. The number of hydrogen-bond donors (Lipinski definition) is 0. The van der Waals surface area contributed by atoms with Crippen LogP contribution in [-0.2, 0) is 26.3 Å². The van der Waals surface area contributed by atoms with Crippen LogP contribution < -0.4 is 0 Å². The summed E-state index contributed by atoms with van der Waals surface area (Å²) in [6.07, 6.45) is 9.24. The number of hydrogen-bond acceptors (Lipinski definition) is 3. The lowest BCUT2D eigenvalue weighted by Crippen LogP contribution is -2.44. The largest absolute Gasteiger partial charge is 0.337 e. The van der Waals surface area contributed by atoms with Gasteiger partial charge in [-0.05, 0) is 75.9 Å². The number of aromatic nitrogens is 2. The van der Waals surface area contributed by atoms with Crippen molar-refractivity contribution in [3.05, 3.63) is 52.8 Å². The third-order valence-electron chi connectivity index (χ3n) is 7.56. The van der Waals surface area contributed by atoms with Crippen molar-refractivity contribution in [3.8, 4) is 0 Å². The summed E-state index contributed by atoms with van der Waals surface area (Å²) in [5.74, 6) is 0.958. The van der Waals surface area contributed by atoms with E-state index in [0.717, 1.165) is 50.4 Å². The van der Waals surface area contributed by atoms with Crippen LogP contribution >= 0.6 is 0 Å². The van der Waals surface area contributed by atoms with E-state index in [4.69, 9.17) is 0 Å². The van der Waals surface area contributed by atoms with Crippen LogP contribution in [0.25, 0.3) is 0 Å². The second-order valence-corrected chi connectivity index (χ2v) is 9.46. The molecule has 1 aliphatic carbocycles. The summed E-state index contributed by atoms with van der Waals surface area (Å²) in [6, 6.07) is 11.5. The van der Waals surface area contributed by atoms with Gasteiger partial charge in [0.05, 0.1) is 0 Å². The molecule has 30 heavy (non-hydrogen) atoms. The number of aryl methyl sites for hydroxylation is 1. The van der Waals surface area contributed by atoms with E-state index in [1.807, 2.05) is 16.6 Å². The fraction of sp³-hybridized carbons (Fsp3) is 0.600. The highest BCUT2D eigenvalue weighted by atomic mass is 16.2. The SMILES string of the molecule is Cn1nc(C(=O)N2CCCC2)c2c1CCC(N1CCC(Cc3ccccc3)CC1)C2. The highest BCUT2D eigenvalue weighted by Gasteiger charge is 2.34. The fourth-order valence-corrected chi connectivity index (χ4v) is 5.79. The topological polar surface area (TPSA) is 41.4 Å². The van der Waals surface area contributed by atoms with Gasteiger partial charge in [0, 0.05) is 37.4 Å². The molecule has 3 aliphatic rings. The maximum atomic E-state index is 13.1. The van der Waals surface area contributed by atoms with Gasteiger partial charge in [0.1, 0.15) is 0 Å². The zero-order valence-corrected chi connectivity index (χ0v) is 18.2. The van der Waals surface area contributed by atoms with Gasteiger partial charge < -0.3 is 9.80 Å². The minimum atomic E-state index is 0.159. The average molecular weight is 407 g/mol. The molecule has 1 amide bonds. The van der Waals surface area contributed by atoms with Crippen molar-refractivity contribution in [1.82, 2.24) is 19.6 Å². The maximum absolute atomic E-state index is 13.1. The predicted molar refractivity (Wildman–Crippen MR) is 119 cm³/mol. The number of fused-ring (bicyclic) bond motifs is 1. The van der Waals surface area contributed by atoms with Crippen molar-refractivity contribution in [2.24, 2.45) is 13.0 Å². The quantitative estimate of drug-likeness (QED) is 0.781. The number of nitrogens with zero attached hydrogens (tertiary/aromatic N) is 4. The fourth-order valence-electron chi connectivity index (χ4n) is 5.79. The summed E-state index contributed by atoms with van der Waals surface area (Å²) in [5, 5.41) is 4.68. The Labute approximate surface area is 180 Å². The summed E-state index contributed by atoms with van der Waals surface area (Å²) in [4.78, 5) is 17.8. The molecule has 1 aromatic heterocycles. The van der Waals surface area contributed by atoms with E-state index in [2.05, 4.69) is 40.3 Å². The van der Waals surface area contributed by atoms with Gasteiger partial charge in [-0.25, -0.2) is 0 Å². The van der Waals surface area contributed by atoms with E-state index in [-0.39, 0.29) is 5.91 Å². The van der Waals surface area contributed by atoms with Crippen LogP contribution in [0.5, 0.6) is 0 Å². The summed E-state index contributed by atoms with van der Waals surface area (Å²) in [5.41, 5.74) is 4.72. The van der Waals surface area contributed by atoms with Crippen molar-refractivity contribution in [3.63, 3.8) is 0 Å². The lowest BCUT2D eigenvalue weighted by molar-refractivity contribution is 0.0783. The van der Waals surface area contributed by atoms with Crippen LogP contribution in [0, 0.1) is 5.92 Å². The second-order valence-electron chi connectivity index (χ2n) is 9.46. The van der Waals surface area contributed by atoms with E-state index in [0.29, 0.717) is 6.04 Å². The van der Waals surface area contributed by atoms with Gasteiger partial charge in [0.2, 0.25) is 0 Å². The van der Waals surface area contributed by atoms with Crippen molar-refractivity contribution in [1.29, 1.82) is 0 Å². The Kier molecular flexibility index (Phi) is 5.64. The lowest BCUT2D eigenvalue weighted by atomic mass is 9.86. The molecule has 0 saturated carbocycles. The van der Waals surface area contributed by atoms with Gasteiger partial charge in [-0.3, -0.25) is 9.48 Å². The Morgan fingerprint density at radius 2 is 1.77 bits per heavy atom. The summed E-state index contributed by atoms with van der Waals surface area (Å²) < 4.78 is 1.97. The smallest absolute Gasteiger partial charge is 0.274 e. The number of piperidine rings is 1. The molecule has 2 aliphatic heterocycles. The molecule has 5 nitrogen and oxygen atoms in total. The summed E-state index contributed by atoms with van der Waals surface area (Å²) in [6.45, 7) is 4.16.